The summed E-state index contributed by atoms with van der Waals surface area (Å²) in [5, 5.41) is 0. The van der Waals surface area contributed by atoms with Crippen LogP contribution in [0.5, 0.6) is 0 Å². The smallest absolute Gasteiger partial charge is 0.0348 e. The van der Waals surface area contributed by atoms with Crippen molar-refractivity contribution in [1.82, 2.24) is 0 Å². The van der Waals surface area contributed by atoms with Crippen LogP contribution in [0.4, 0.5) is 0 Å². The summed E-state index contributed by atoms with van der Waals surface area (Å²) in [6.45, 7) is 9.32. The Labute approximate surface area is 199 Å². The maximum atomic E-state index is 5.41. The number of allylic oxidation sites excluding steroid dienone is 1. The van der Waals surface area contributed by atoms with E-state index in [4.69, 9.17) is 6.58 Å². The second kappa shape index (κ2) is 29.7. The predicted octanol–water partition coefficient (Wildman–Crippen LogP) is 11.7. The van der Waals surface area contributed by atoms with Crippen molar-refractivity contribution in [3.8, 4) is 0 Å². The topological polar surface area (TPSA) is 0 Å². The summed E-state index contributed by atoms with van der Waals surface area (Å²) >= 11 is 0. The monoisotopic (exact) mass is 432 g/mol. The molecule has 0 heteroatoms. The van der Waals surface area contributed by atoms with Crippen molar-refractivity contribution in [3.05, 3.63) is 19.6 Å². The first-order valence-electron chi connectivity index (χ1n) is 14.7. The summed E-state index contributed by atoms with van der Waals surface area (Å²) in [4.78, 5) is 0. The molecule has 0 aromatic heterocycles. The van der Waals surface area contributed by atoms with E-state index in [1.165, 1.54) is 167 Å². The van der Waals surface area contributed by atoms with Crippen LogP contribution in [0.2, 0.25) is 0 Å². The van der Waals surface area contributed by atoms with Gasteiger partial charge in [-0.2, -0.15) is 0 Å². The number of hydrogen-bond acceptors (Lipinski definition) is 0. The minimum absolute atomic E-state index is 1.10. The molecule has 31 heavy (non-hydrogen) atoms. The Morgan fingerprint density at radius 1 is 0.323 bits per heavy atom. The first-order valence-corrected chi connectivity index (χ1v) is 14.7. The Morgan fingerprint density at radius 2 is 0.516 bits per heavy atom. The van der Waals surface area contributed by atoms with E-state index in [0.29, 0.717) is 0 Å². The van der Waals surface area contributed by atoms with Gasteiger partial charge in [0.25, 0.3) is 0 Å². The maximum absolute atomic E-state index is 5.41. The molecule has 0 aromatic carbocycles. The Hall–Kier alpha value is -0.260. The van der Waals surface area contributed by atoms with Gasteiger partial charge in [0.1, 0.15) is 0 Å². The van der Waals surface area contributed by atoms with Crippen molar-refractivity contribution in [1.29, 1.82) is 0 Å². The van der Waals surface area contributed by atoms with Gasteiger partial charge in [0.2, 0.25) is 0 Å². The molecule has 2 radical (unpaired) electrons. The van der Waals surface area contributed by atoms with Gasteiger partial charge in [-0.3, -0.25) is 0 Å². The van der Waals surface area contributed by atoms with E-state index in [-0.39, 0.29) is 0 Å². The van der Waals surface area contributed by atoms with Crippen LogP contribution in [0.3, 0.4) is 0 Å². The van der Waals surface area contributed by atoms with E-state index in [1.807, 2.05) is 0 Å². The third kappa shape index (κ3) is 29.7. The van der Waals surface area contributed by atoms with E-state index >= 15 is 0 Å². The third-order valence-corrected chi connectivity index (χ3v) is 6.87. The quantitative estimate of drug-likeness (QED) is 0.108. The highest BCUT2D eigenvalue weighted by Gasteiger charge is 1.96. The highest BCUT2D eigenvalue weighted by molar-refractivity contribution is 4.61. The summed E-state index contributed by atoms with van der Waals surface area (Å²) in [5.41, 5.74) is 0. The van der Waals surface area contributed by atoms with Crippen LogP contribution in [0, 0.1) is 13.5 Å². The summed E-state index contributed by atoms with van der Waals surface area (Å²) in [6.07, 6.45) is 41.7. The van der Waals surface area contributed by atoms with Crippen LogP contribution in [0.15, 0.2) is 6.08 Å². The normalized spacial score (nSPS) is 11.3. The first-order chi connectivity index (χ1) is 15.4. The van der Waals surface area contributed by atoms with E-state index in [2.05, 4.69) is 6.92 Å². The number of unbranched alkanes of at least 4 members (excludes halogenated alkanes) is 27. The van der Waals surface area contributed by atoms with E-state index in [9.17, 15) is 0 Å². The molecule has 0 bridgehead atoms. The zero-order valence-corrected chi connectivity index (χ0v) is 21.7. The van der Waals surface area contributed by atoms with E-state index in [1.54, 1.807) is 6.08 Å². The van der Waals surface area contributed by atoms with Gasteiger partial charge in [0.15, 0.2) is 0 Å². The fourth-order valence-corrected chi connectivity index (χ4v) is 4.68. The van der Waals surface area contributed by atoms with Crippen LogP contribution < -0.4 is 0 Å². The van der Waals surface area contributed by atoms with Gasteiger partial charge in [0, 0.05) is 0 Å². The van der Waals surface area contributed by atoms with Gasteiger partial charge < -0.3 is 0 Å². The highest BCUT2D eigenvalue weighted by Crippen LogP contribution is 2.16. The van der Waals surface area contributed by atoms with Crippen molar-refractivity contribution in [2.75, 3.05) is 0 Å². The fraction of sp³-hybridized carbons (Fsp3) is 0.903. The minimum Gasteiger partial charge on any atom is -0.0845 e. The third-order valence-electron chi connectivity index (χ3n) is 6.87. The van der Waals surface area contributed by atoms with Crippen LogP contribution in [-0.4, -0.2) is 0 Å². The second-order valence-electron chi connectivity index (χ2n) is 10.1. The Bertz CT molecular complexity index is 305. The molecular formula is C31H60. The molecule has 0 aromatic rings. The van der Waals surface area contributed by atoms with Crippen LogP contribution in [0.1, 0.15) is 180 Å². The molecule has 0 atom stereocenters. The summed E-state index contributed by atoms with van der Waals surface area (Å²) < 4.78 is 0. The SMILES string of the molecule is [CH]=CCCCCCCCCCCCCCCCCCCCCCCCCCCCC[CH2]. The summed E-state index contributed by atoms with van der Waals surface area (Å²) in [6, 6.07) is 0. The molecule has 0 heterocycles. The van der Waals surface area contributed by atoms with E-state index in [0.717, 1.165) is 12.8 Å². The van der Waals surface area contributed by atoms with Crippen LogP contribution in [0.25, 0.3) is 0 Å². The van der Waals surface area contributed by atoms with Crippen molar-refractivity contribution in [2.24, 2.45) is 0 Å². The molecule has 0 aliphatic heterocycles. The number of hydrogen-bond donors (Lipinski definition) is 0. The van der Waals surface area contributed by atoms with Crippen molar-refractivity contribution >= 4 is 0 Å². The van der Waals surface area contributed by atoms with Crippen molar-refractivity contribution in [2.45, 2.75) is 180 Å². The Morgan fingerprint density at radius 3 is 0.710 bits per heavy atom. The molecule has 0 nitrogen and oxygen atoms in total. The lowest BCUT2D eigenvalue weighted by Crippen LogP contribution is -1.84. The van der Waals surface area contributed by atoms with Gasteiger partial charge in [-0.15, -0.1) is 0 Å². The van der Waals surface area contributed by atoms with Crippen LogP contribution in [-0.2, 0) is 0 Å². The molecule has 0 unspecified atom stereocenters. The first kappa shape index (κ1) is 30.7. The van der Waals surface area contributed by atoms with E-state index < -0.39 is 0 Å². The average Bonchev–Trinajstić information content (AvgIpc) is 2.78. The van der Waals surface area contributed by atoms with Gasteiger partial charge in [-0.05, 0) is 12.8 Å². The fourth-order valence-electron chi connectivity index (χ4n) is 4.68. The molecule has 0 fully saturated rings. The molecule has 0 saturated carbocycles. The Kier molecular flexibility index (Phi) is 29.5. The van der Waals surface area contributed by atoms with Gasteiger partial charge in [0.05, 0.1) is 0 Å². The zero-order valence-electron chi connectivity index (χ0n) is 21.7. The predicted molar refractivity (Wildman–Crippen MR) is 144 cm³/mol. The molecule has 0 saturated heterocycles. The minimum atomic E-state index is 1.10. The summed E-state index contributed by atoms with van der Waals surface area (Å²) in [5.74, 6) is 0. The van der Waals surface area contributed by atoms with Crippen molar-refractivity contribution < 1.29 is 0 Å². The van der Waals surface area contributed by atoms with Gasteiger partial charge in [-0.1, -0.05) is 187 Å². The van der Waals surface area contributed by atoms with Gasteiger partial charge >= 0.3 is 0 Å². The largest absolute Gasteiger partial charge is 0.0845 e. The molecule has 0 rings (SSSR count). The van der Waals surface area contributed by atoms with Crippen molar-refractivity contribution in [3.63, 3.8) is 0 Å². The summed E-state index contributed by atoms with van der Waals surface area (Å²) in [7, 11) is 0. The molecule has 0 amide bonds. The Balaban J connectivity index is 2.98. The molecule has 184 valence electrons. The number of rotatable bonds is 28. The lowest BCUT2D eigenvalue weighted by Gasteiger charge is -2.04. The zero-order chi connectivity index (χ0) is 22.5. The molecule has 0 N–H and O–H groups in total. The highest BCUT2D eigenvalue weighted by atomic mass is 14.0. The lowest BCUT2D eigenvalue weighted by atomic mass is 10.0. The lowest BCUT2D eigenvalue weighted by molar-refractivity contribution is 0.515. The second-order valence-corrected chi connectivity index (χ2v) is 10.1. The molecule has 0 aliphatic rings. The van der Waals surface area contributed by atoms with Gasteiger partial charge in [-0.25, -0.2) is 0 Å². The average molecular weight is 433 g/mol. The van der Waals surface area contributed by atoms with Crippen LogP contribution >= 0.6 is 0 Å². The maximum Gasteiger partial charge on any atom is -0.0348 e. The molecule has 0 spiro atoms. The molecule has 0 aliphatic carbocycles. The molecular weight excluding hydrogens is 372 g/mol. The standard InChI is InChI=1S/C31H60/c1-3-5-7-9-11-13-15-17-19-21-23-25-27-29-31-30-28-26-24-22-20-18-16-14-12-10-8-6-4-2/h1,3H,2,4-31H2.